The van der Waals surface area contributed by atoms with E-state index in [4.69, 9.17) is 4.74 Å². The summed E-state index contributed by atoms with van der Waals surface area (Å²) in [5.74, 6) is 0.401. The fourth-order valence-electron chi connectivity index (χ4n) is 2.59. The molecule has 0 unspecified atom stereocenters. The van der Waals surface area contributed by atoms with Crippen LogP contribution in [0.1, 0.15) is 27.3 Å². The summed E-state index contributed by atoms with van der Waals surface area (Å²) in [6.07, 6.45) is 0. The van der Waals surface area contributed by atoms with Crippen molar-refractivity contribution in [3.05, 3.63) is 93.3 Å². The summed E-state index contributed by atoms with van der Waals surface area (Å²) in [4.78, 5) is 22.6. The molecule has 0 spiro atoms. The van der Waals surface area contributed by atoms with Gasteiger partial charge in [-0.3, -0.25) is 25.0 Å². The Morgan fingerprint density at radius 1 is 1.00 bits per heavy atom. The zero-order valence-electron chi connectivity index (χ0n) is 15.0. The topological polar surface area (TPSA) is 86.4 Å². The van der Waals surface area contributed by atoms with E-state index in [-0.39, 0.29) is 18.2 Å². The third-order valence-electron chi connectivity index (χ3n) is 4.15. The molecule has 0 atom stereocenters. The summed E-state index contributed by atoms with van der Waals surface area (Å²) in [6, 6.07) is 16.9. The molecule has 7 heteroatoms. The van der Waals surface area contributed by atoms with E-state index in [1.807, 2.05) is 26.0 Å². The van der Waals surface area contributed by atoms with Crippen molar-refractivity contribution < 1.29 is 14.5 Å². The third-order valence-corrected chi connectivity index (χ3v) is 4.15. The highest BCUT2D eigenvalue weighted by atomic mass is 16.6. The number of carbonyl (C=O) groups excluding carboxylic acids is 1. The summed E-state index contributed by atoms with van der Waals surface area (Å²) in [7, 11) is 0. The Morgan fingerprint density at radius 2 is 1.59 bits per heavy atom. The van der Waals surface area contributed by atoms with Crippen LogP contribution in [0.15, 0.2) is 60.7 Å². The van der Waals surface area contributed by atoms with Crippen molar-refractivity contribution >= 4 is 11.6 Å². The molecule has 0 aliphatic carbocycles. The van der Waals surface area contributed by atoms with Crippen LogP contribution in [0.2, 0.25) is 0 Å². The van der Waals surface area contributed by atoms with E-state index in [0.29, 0.717) is 11.3 Å². The number of amides is 1. The zero-order valence-corrected chi connectivity index (χ0v) is 15.0. The molecule has 1 aromatic heterocycles. The molecule has 2 aromatic carbocycles. The molecule has 138 valence electrons. The van der Waals surface area contributed by atoms with Gasteiger partial charge < -0.3 is 4.74 Å². The number of nitrogens with zero attached hydrogens (tertiary/aromatic N) is 2. The van der Waals surface area contributed by atoms with Crippen molar-refractivity contribution in [3.63, 3.8) is 0 Å². The molecule has 0 aliphatic rings. The van der Waals surface area contributed by atoms with Crippen molar-refractivity contribution in [1.82, 2.24) is 4.68 Å². The fourth-order valence-corrected chi connectivity index (χ4v) is 2.59. The van der Waals surface area contributed by atoms with Gasteiger partial charge in [0, 0.05) is 29.1 Å². The predicted octanol–water partition coefficient (Wildman–Crippen LogP) is 3.98. The van der Waals surface area contributed by atoms with Crippen LogP contribution < -0.4 is 10.2 Å². The smallest absolute Gasteiger partial charge is 0.270 e. The van der Waals surface area contributed by atoms with Gasteiger partial charge in [0.2, 0.25) is 0 Å². The van der Waals surface area contributed by atoms with E-state index < -0.39 is 4.92 Å². The molecule has 27 heavy (non-hydrogen) atoms. The van der Waals surface area contributed by atoms with Crippen molar-refractivity contribution in [2.24, 2.45) is 0 Å². The van der Waals surface area contributed by atoms with Crippen LogP contribution in [0.4, 0.5) is 5.69 Å². The Hall–Kier alpha value is -3.61. The summed E-state index contributed by atoms with van der Waals surface area (Å²) in [5.41, 5.74) is 6.13. The van der Waals surface area contributed by atoms with E-state index in [9.17, 15) is 14.9 Å². The minimum Gasteiger partial charge on any atom is -0.489 e. The van der Waals surface area contributed by atoms with Gasteiger partial charge in [-0.15, -0.1) is 0 Å². The number of non-ortho nitro benzene ring substituents is 1. The third kappa shape index (κ3) is 4.33. The average molecular weight is 365 g/mol. The minimum absolute atomic E-state index is 0.0438. The Morgan fingerprint density at radius 3 is 2.15 bits per heavy atom. The quantitative estimate of drug-likeness (QED) is 0.529. The van der Waals surface area contributed by atoms with Gasteiger partial charge in [-0.2, -0.15) is 0 Å². The molecule has 0 saturated heterocycles. The van der Waals surface area contributed by atoms with Crippen LogP contribution in [-0.4, -0.2) is 15.5 Å². The second kappa shape index (κ2) is 7.74. The lowest BCUT2D eigenvalue weighted by atomic mass is 10.2. The number of rotatable bonds is 6. The number of hydrogen-bond acceptors (Lipinski definition) is 4. The highest BCUT2D eigenvalue weighted by Gasteiger charge is 2.09. The average Bonchev–Trinajstić information content (AvgIpc) is 2.99. The first-order valence-corrected chi connectivity index (χ1v) is 8.36. The van der Waals surface area contributed by atoms with Gasteiger partial charge in [-0.1, -0.05) is 0 Å². The number of ether oxygens (including phenoxy) is 1. The fraction of sp³-hybridized carbons (Fsp3) is 0.150. The Bertz CT molecular complexity index is 940. The number of nitrogens with one attached hydrogen (secondary N) is 1. The van der Waals surface area contributed by atoms with Gasteiger partial charge in [0.15, 0.2) is 0 Å². The standard InChI is InChI=1S/C20H19N3O4/c1-14-3-4-15(2)22(14)21-20(24)17-7-11-19(12-8-17)27-13-16-5-9-18(10-6-16)23(25)26/h3-12H,13H2,1-2H3,(H,21,24). The number of nitro benzene ring substituents is 1. The van der Waals surface area contributed by atoms with E-state index in [0.717, 1.165) is 17.0 Å². The minimum atomic E-state index is -0.439. The molecule has 0 aliphatic heterocycles. The number of nitro groups is 1. The van der Waals surface area contributed by atoms with Gasteiger partial charge in [0.1, 0.15) is 12.4 Å². The second-order valence-corrected chi connectivity index (χ2v) is 6.13. The number of benzene rings is 2. The van der Waals surface area contributed by atoms with Crippen molar-refractivity contribution in [2.45, 2.75) is 20.5 Å². The van der Waals surface area contributed by atoms with E-state index in [2.05, 4.69) is 5.43 Å². The molecule has 3 rings (SSSR count). The highest BCUT2D eigenvalue weighted by Crippen LogP contribution is 2.17. The zero-order chi connectivity index (χ0) is 19.4. The Kier molecular flexibility index (Phi) is 5.21. The molecule has 3 aromatic rings. The van der Waals surface area contributed by atoms with E-state index in [1.165, 1.54) is 12.1 Å². The van der Waals surface area contributed by atoms with Gasteiger partial charge >= 0.3 is 0 Å². The largest absolute Gasteiger partial charge is 0.489 e. The summed E-state index contributed by atoms with van der Waals surface area (Å²) in [5, 5.41) is 10.7. The Balaban J connectivity index is 1.60. The van der Waals surface area contributed by atoms with Crippen molar-refractivity contribution in [1.29, 1.82) is 0 Å². The number of aryl methyl sites for hydroxylation is 2. The predicted molar refractivity (Wildman–Crippen MR) is 101 cm³/mol. The van der Waals surface area contributed by atoms with Crippen molar-refractivity contribution in [3.8, 4) is 5.75 Å². The molecule has 1 heterocycles. The maximum absolute atomic E-state index is 12.4. The van der Waals surface area contributed by atoms with Gasteiger partial charge in [-0.25, -0.2) is 0 Å². The Labute approximate surface area is 156 Å². The first-order chi connectivity index (χ1) is 12.9. The summed E-state index contributed by atoms with van der Waals surface area (Å²) >= 11 is 0. The molecule has 0 saturated carbocycles. The van der Waals surface area contributed by atoms with Crippen LogP contribution in [0.5, 0.6) is 5.75 Å². The van der Waals surface area contributed by atoms with Crippen LogP contribution in [0, 0.1) is 24.0 Å². The molecule has 7 nitrogen and oxygen atoms in total. The lowest BCUT2D eigenvalue weighted by Crippen LogP contribution is -2.24. The lowest BCUT2D eigenvalue weighted by molar-refractivity contribution is -0.384. The van der Waals surface area contributed by atoms with E-state index in [1.54, 1.807) is 41.1 Å². The van der Waals surface area contributed by atoms with Crippen molar-refractivity contribution in [2.75, 3.05) is 5.43 Å². The molecule has 1 N–H and O–H groups in total. The highest BCUT2D eigenvalue weighted by molar-refractivity contribution is 6.00. The summed E-state index contributed by atoms with van der Waals surface area (Å²) < 4.78 is 7.40. The first kappa shape index (κ1) is 18.2. The SMILES string of the molecule is Cc1ccc(C)n1NC(=O)c1ccc(OCc2ccc([N+](=O)[O-])cc2)cc1. The van der Waals surface area contributed by atoms with Crippen LogP contribution in [0.25, 0.3) is 0 Å². The van der Waals surface area contributed by atoms with Gasteiger partial charge in [0.25, 0.3) is 11.6 Å². The van der Waals surface area contributed by atoms with Crippen LogP contribution in [-0.2, 0) is 6.61 Å². The van der Waals surface area contributed by atoms with Gasteiger partial charge in [-0.05, 0) is 67.9 Å². The maximum atomic E-state index is 12.4. The summed E-state index contributed by atoms with van der Waals surface area (Å²) in [6.45, 7) is 4.12. The number of aromatic nitrogens is 1. The van der Waals surface area contributed by atoms with Crippen LogP contribution in [0.3, 0.4) is 0 Å². The second-order valence-electron chi connectivity index (χ2n) is 6.13. The normalized spacial score (nSPS) is 10.4. The molecule has 0 bridgehead atoms. The molecular formula is C20H19N3O4. The van der Waals surface area contributed by atoms with E-state index >= 15 is 0 Å². The molecule has 0 radical (unpaired) electrons. The maximum Gasteiger partial charge on any atom is 0.270 e. The molecule has 1 amide bonds. The molecule has 0 fully saturated rings. The monoisotopic (exact) mass is 365 g/mol. The van der Waals surface area contributed by atoms with Gasteiger partial charge in [0.05, 0.1) is 4.92 Å². The number of hydrogen-bond donors (Lipinski definition) is 1. The molecular weight excluding hydrogens is 346 g/mol. The lowest BCUT2D eigenvalue weighted by Gasteiger charge is -2.12. The first-order valence-electron chi connectivity index (χ1n) is 8.36. The number of carbonyl (C=O) groups is 1. The van der Waals surface area contributed by atoms with Crippen LogP contribution >= 0.6 is 0 Å².